The summed E-state index contributed by atoms with van der Waals surface area (Å²) in [6.07, 6.45) is 0. The molecule has 0 bridgehead atoms. The maximum absolute atomic E-state index is 11.6. The number of rotatable bonds is 3. The fraction of sp³-hybridized carbons (Fsp3) is 0.125. The summed E-state index contributed by atoms with van der Waals surface area (Å²) in [7, 11) is 0. The molecule has 0 radical (unpaired) electrons. The van der Waals surface area contributed by atoms with E-state index in [9.17, 15) is 4.79 Å². The quantitative estimate of drug-likeness (QED) is 0.771. The second-order valence-corrected chi connectivity index (χ2v) is 5.25. The molecule has 2 rings (SSSR count). The van der Waals surface area contributed by atoms with Crippen molar-refractivity contribution in [3.63, 3.8) is 0 Å². The zero-order valence-corrected chi connectivity index (χ0v) is 12.7. The van der Waals surface area contributed by atoms with Crippen molar-refractivity contribution in [1.29, 1.82) is 5.26 Å². The van der Waals surface area contributed by atoms with Crippen LogP contribution in [-0.4, -0.2) is 5.78 Å². The van der Waals surface area contributed by atoms with Crippen LogP contribution in [0.2, 0.25) is 0 Å². The average Bonchev–Trinajstić information content (AvgIpc) is 2.42. The molecule has 20 heavy (non-hydrogen) atoms. The summed E-state index contributed by atoms with van der Waals surface area (Å²) >= 11 is 3.42. The van der Waals surface area contributed by atoms with Gasteiger partial charge in [0.05, 0.1) is 17.2 Å². The number of hydrogen-bond acceptors (Lipinski definition) is 3. The minimum Gasteiger partial charge on any atom is -0.457 e. The summed E-state index contributed by atoms with van der Waals surface area (Å²) in [5.74, 6) is 0.930. The number of nitrogens with zero attached hydrogens (tertiary/aromatic N) is 1. The van der Waals surface area contributed by atoms with E-state index in [2.05, 4.69) is 15.9 Å². The summed E-state index contributed by atoms with van der Waals surface area (Å²) < 4.78 is 6.74. The fourth-order valence-electron chi connectivity index (χ4n) is 1.77. The Bertz CT molecular complexity index is 717. The molecular formula is C16H12BrNO2. The molecule has 4 heteroatoms. The van der Waals surface area contributed by atoms with E-state index < -0.39 is 0 Å². The van der Waals surface area contributed by atoms with Gasteiger partial charge in [-0.2, -0.15) is 5.26 Å². The third-order valence-electron chi connectivity index (χ3n) is 2.85. The highest BCUT2D eigenvalue weighted by Gasteiger charge is 2.11. The van der Waals surface area contributed by atoms with Crippen LogP contribution in [-0.2, 0) is 0 Å². The zero-order chi connectivity index (χ0) is 14.7. The summed E-state index contributed by atoms with van der Waals surface area (Å²) in [6, 6.07) is 12.4. The van der Waals surface area contributed by atoms with Crippen LogP contribution in [0.3, 0.4) is 0 Å². The molecule has 2 aromatic carbocycles. The first-order valence-corrected chi connectivity index (χ1v) is 6.79. The Morgan fingerprint density at radius 2 is 2.00 bits per heavy atom. The number of ketones is 1. The maximum Gasteiger partial charge on any atom is 0.163 e. The normalized spacial score (nSPS) is 9.90. The molecule has 0 unspecified atom stereocenters. The van der Waals surface area contributed by atoms with Crippen LogP contribution in [0.4, 0.5) is 0 Å². The average molecular weight is 330 g/mol. The van der Waals surface area contributed by atoms with Crippen molar-refractivity contribution in [3.05, 3.63) is 57.6 Å². The Morgan fingerprint density at radius 3 is 2.60 bits per heavy atom. The van der Waals surface area contributed by atoms with Gasteiger partial charge >= 0.3 is 0 Å². The second-order valence-electron chi connectivity index (χ2n) is 4.39. The van der Waals surface area contributed by atoms with Gasteiger partial charge in [0.15, 0.2) is 5.78 Å². The van der Waals surface area contributed by atoms with Crippen molar-refractivity contribution in [2.45, 2.75) is 13.8 Å². The van der Waals surface area contributed by atoms with Gasteiger partial charge in [0.2, 0.25) is 0 Å². The maximum atomic E-state index is 11.6. The number of hydrogen-bond donors (Lipinski definition) is 0. The fourth-order valence-corrected chi connectivity index (χ4v) is 2.02. The predicted octanol–water partition coefficient (Wildman–Crippen LogP) is 4.62. The zero-order valence-electron chi connectivity index (χ0n) is 11.1. The Morgan fingerprint density at radius 1 is 1.25 bits per heavy atom. The summed E-state index contributed by atoms with van der Waals surface area (Å²) in [5.41, 5.74) is 1.95. The topological polar surface area (TPSA) is 50.1 Å². The number of Topliss-reactive ketones (excluding diaryl/α,β-unsaturated/α-hetero) is 1. The summed E-state index contributed by atoms with van der Waals surface area (Å²) in [6.45, 7) is 3.43. The minimum absolute atomic E-state index is 0.0988. The molecule has 0 saturated carbocycles. The summed E-state index contributed by atoms with van der Waals surface area (Å²) in [4.78, 5) is 11.6. The Kier molecular flexibility index (Phi) is 4.21. The van der Waals surface area contributed by atoms with E-state index in [-0.39, 0.29) is 5.78 Å². The SMILES string of the molecule is CC(=O)c1ccc(C#N)cc1Oc1ccc(Br)c(C)c1. The third kappa shape index (κ3) is 3.06. The standard InChI is InChI=1S/C16H12BrNO2/c1-10-7-13(4-6-15(10)17)20-16-8-12(9-18)3-5-14(16)11(2)19/h3-8H,1-2H3. The van der Waals surface area contributed by atoms with E-state index in [1.54, 1.807) is 24.3 Å². The minimum atomic E-state index is -0.0988. The lowest BCUT2D eigenvalue weighted by molar-refractivity contribution is 0.101. The number of aryl methyl sites for hydroxylation is 1. The molecule has 0 aliphatic rings. The molecule has 0 amide bonds. The number of carbonyl (C=O) groups excluding carboxylic acids is 1. The molecule has 0 atom stereocenters. The van der Waals surface area contributed by atoms with Crippen LogP contribution in [0.25, 0.3) is 0 Å². The molecule has 0 spiro atoms. The van der Waals surface area contributed by atoms with Crippen molar-refractivity contribution in [3.8, 4) is 17.6 Å². The van der Waals surface area contributed by atoms with Crippen molar-refractivity contribution in [2.75, 3.05) is 0 Å². The molecule has 0 fully saturated rings. The molecule has 0 saturated heterocycles. The first kappa shape index (κ1) is 14.3. The summed E-state index contributed by atoms with van der Waals surface area (Å²) in [5, 5.41) is 8.94. The Labute approximate surface area is 125 Å². The van der Waals surface area contributed by atoms with Crippen LogP contribution in [0, 0.1) is 18.3 Å². The highest BCUT2D eigenvalue weighted by molar-refractivity contribution is 9.10. The molecule has 0 aromatic heterocycles. The van der Waals surface area contributed by atoms with Gasteiger partial charge in [-0.05, 0) is 55.8 Å². The van der Waals surface area contributed by atoms with Gasteiger partial charge in [0.1, 0.15) is 11.5 Å². The van der Waals surface area contributed by atoms with E-state index in [1.807, 2.05) is 25.1 Å². The number of benzene rings is 2. The number of halogens is 1. The molecular weight excluding hydrogens is 318 g/mol. The van der Waals surface area contributed by atoms with Gasteiger partial charge in [-0.3, -0.25) is 4.79 Å². The van der Waals surface area contributed by atoms with E-state index in [1.165, 1.54) is 6.92 Å². The van der Waals surface area contributed by atoms with Gasteiger partial charge in [-0.1, -0.05) is 15.9 Å². The molecule has 0 aliphatic carbocycles. The van der Waals surface area contributed by atoms with Gasteiger partial charge in [-0.15, -0.1) is 0 Å². The lowest BCUT2D eigenvalue weighted by Crippen LogP contribution is -1.98. The van der Waals surface area contributed by atoms with Gasteiger partial charge < -0.3 is 4.74 Å². The largest absolute Gasteiger partial charge is 0.457 e. The van der Waals surface area contributed by atoms with Crippen molar-refractivity contribution >= 4 is 21.7 Å². The lowest BCUT2D eigenvalue weighted by Gasteiger charge is -2.11. The predicted molar refractivity (Wildman–Crippen MR) is 80.1 cm³/mol. The Balaban J connectivity index is 2.43. The highest BCUT2D eigenvalue weighted by Crippen LogP contribution is 2.29. The molecule has 3 nitrogen and oxygen atoms in total. The van der Waals surface area contributed by atoms with Crippen molar-refractivity contribution < 1.29 is 9.53 Å². The van der Waals surface area contributed by atoms with Gasteiger partial charge in [0, 0.05) is 4.47 Å². The molecule has 0 N–H and O–H groups in total. The molecule has 0 aliphatic heterocycles. The third-order valence-corrected chi connectivity index (χ3v) is 3.74. The first-order chi connectivity index (χ1) is 9.51. The highest BCUT2D eigenvalue weighted by atomic mass is 79.9. The second kappa shape index (κ2) is 5.89. The number of carbonyl (C=O) groups is 1. The van der Waals surface area contributed by atoms with E-state index >= 15 is 0 Å². The van der Waals surface area contributed by atoms with Crippen LogP contribution in [0.15, 0.2) is 40.9 Å². The number of ether oxygens (including phenoxy) is 1. The number of nitriles is 1. The van der Waals surface area contributed by atoms with Gasteiger partial charge in [0.25, 0.3) is 0 Å². The monoisotopic (exact) mass is 329 g/mol. The first-order valence-electron chi connectivity index (χ1n) is 6.00. The van der Waals surface area contributed by atoms with Crippen LogP contribution in [0.1, 0.15) is 28.4 Å². The smallest absolute Gasteiger partial charge is 0.163 e. The van der Waals surface area contributed by atoms with Crippen LogP contribution < -0.4 is 4.74 Å². The lowest BCUT2D eigenvalue weighted by atomic mass is 10.1. The molecule has 100 valence electrons. The van der Waals surface area contributed by atoms with Crippen molar-refractivity contribution in [2.24, 2.45) is 0 Å². The van der Waals surface area contributed by atoms with Crippen LogP contribution >= 0.6 is 15.9 Å². The van der Waals surface area contributed by atoms with E-state index in [0.29, 0.717) is 22.6 Å². The van der Waals surface area contributed by atoms with Crippen LogP contribution in [0.5, 0.6) is 11.5 Å². The van der Waals surface area contributed by atoms with E-state index in [0.717, 1.165) is 10.0 Å². The molecule has 0 heterocycles. The van der Waals surface area contributed by atoms with E-state index in [4.69, 9.17) is 10.00 Å². The van der Waals surface area contributed by atoms with Gasteiger partial charge in [-0.25, -0.2) is 0 Å². The molecule has 2 aromatic rings. The Hall–Kier alpha value is -2.12. The van der Waals surface area contributed by atoms with Crippen molar-refractivity contribution in [1.82, 2.24) is 0 Å².